The molecule has 1 unspecified atom stereocenters. The van der Waals surface area contributed by atoms with Gasteiger partial charge in [0.1, 0.15) is 22.1 Å². The summed E-state index contributed by atoms with van der Waals surface area (Å²) >= 11 is 1.53. The fraction of sp³-hybridized carbons (Fsp3) is 0.435. The van der Waals surface area contributed by atoms with Crippen molar-refractivity contribution < 1.29 is 19.0 Å². The minimum atomic E-state index is -0.501. The number of hydrogen-bond donors (Lipinski definition) is 1. The molecule has 2 aliphatic rings. The molecule has 1 atom stereocenters. The summed E-state index contributed by atoms with van der Waals surface area (Å²) in [6, 6.07) is 5.68. The van der Waals surface area contributed by atoms with E-state index >= 15 is 0 Å². The molecule has 2 aliphatic heterocycles. The number of fused-ring (bicyclic) bond motifs is 1. The molecule has 0 spiro atoms. The summed E-state index contributed by atoms with van der Waals surface area (Å²) in [7, 11) is 1.64. The first-order chi connectivity index (χ1) is 15.7. The van der Waals surface area contributed by atoms with Crippen LogP contribution in [0.3, 0.4) is 0 Å². The molecule has 1 amide bonds. The van der Waals surface area contributed by atoms with Gasteiger partial charge in [-0.1, -0.05) is 6.07 Å². The molecule has 0 saturated carbocycles. The van der Waals surface area contributed by atoms with Crippen LogP contribution in [-0.2, 0) is 9.47 Å². The second kappa shape index (κ2) is 9.01. The molecule has 2 aromatic heterocycles. The third kappa shape index (κ3) is 3.80. The number of rotatable bonds is 5. The van der Waals surface area contributed by atoms with Gasteiger partial charge in [-0.25, -0.2) is 9.97 Å². The number of anilines is 1. The van der Waals surface area contributed by atoms with Crippen molar-refractivity contribution in [1.82, 2.24) is 9.97 Å². The van der Waals surface area contributed by atoms with E-state index in [1.165, 1.54) is 11.3 Å². The molecule has 5 rings (SSSR count). The summed E-state index contributed by atoms with van der Waals surface area (Å²) in [6.45, 7) is 3.37. The van der Waals surface area contributed by atoms with E-state index in [1.54, 1.807) is 19.4 Å². The van der Waals surface area contributed by atoms with Crippen LogP contribution in [-0.4, -0.2) is 55.9 Å². The van der Waals surface area contributed by atoms with E-state index in [4.69, 9.17) is 24.9 Å². The highest BCUT2D eigenvalue weighted by molar-refractivity contribution is 7.22. The van der Waals surface area contributed by atoms with Gasteiger partial charge in [0, 0.05) is 31.5 Å². The van der Waals surface area contributed by atoms with Gasteiger partial charge in [-0.05, 0) is 31.4 Å². The lowest BCUT2D eigenvalue weighted by atomic mass is 10.0. The monoisotopic (exact) mass is 454 g/mol. The Balaban J connectivity index is 1.70. The molecule has 1 aromatic carbocycles. The Morgan fingerprint density at radius 1 is 1.22 bits per heavy atom. The van der Waals surface area contributed by atoms with Crippen molar-refractivity contribution in [2.24, 2.45) is 5.73 Å². The highest BCUT2D eigenvalue weighted by atomic mass is 32.1. The smallest absolute Gasteiger partial charge is 0.249 e. The molecule has 3 aromatic rings. The maximum Gasteiger partial charge on any atom is 0.249 e. The standard InChI is InChI=1S/C23H26N4O4S/c1-29-17-6-5-14(16-4-2-3-11-31-16)20-19(17)26-23(32-20)18-15(21(24)28)7-8-25-22(18)27-9-12-30-13-10-27/h5-8,16H,2-4,9-13H2,1H3,(H2,24,28). The molecule has 2 N–H and O–H groups in total. The number of nitrogens with zero attached hydrogens (tertiary/aromatic N) is 3. The van der Waals surface area contributed by atoms with Crippen molar-refractivity contribution in [3.8, 4) is 16.3 Å². The van der Waals surface area contributed by atoms with Gasteiger partial charge in [0.05, 0.1) is 42.3 Å². The Morgan fingerprint density at radius 2 is 2.06 bits per heavy atom. The van der Waals surface area contributed by atoms with Crippen molar-refractivity contribution in [3.63, 3.8) is 0 Å². The zero-order chi connectivity index (χ0) is 22.1. The van der Waals surface area contributed by atoms with Crippen LogP contribution in [0.4, 0.5) is 5.82 Å². The molecule has 4 heterocycles. The Morgan fingerprint density at radius 3 is 2.78 bits per heavy atom. The first-order valence-electron chi connectivity index (χ1n) is 10.9. The zero-order valence-corrected chi connectivity index (χ0v) is 18.8. The van der Waals surface area contributed by atoms with Crippen molar-refractivity contribution in [2.45, 2.75) is 25.4 Å². The van der Waals surface area contributed by atoms with E-state index in [0.717, 1.165) is 41.6 Å². The molecule has 168 valence electrons. The number of primary amides is 1. The predicted molar refractivity (Wildman–Crippen MR) is 123 cm³/mol. The molecular formula is C23H26N4O4S. The molecule has 2 fully saturated rings. The summed E-state index contributed by atoms with van der Waals surface area (Å²) in [5, 5.41) is 0.699. The lowest BCUT2D eigenvalue weighted by molar-refractivity contribution is 0.0159. The van der Waals surface area contributed by atoms with Crippen LogP contribution in [0, 0.1) is 0 Å². The molecule has 0 bridgehead atoms. The van der Waals surface area contributed by atoms with Gasteiger partial charge in [0.15, 0.2) is 0 Å². The number of amides is 1. The second-order valence-electron chi connectivity index (χ2n) is 7.93. The molecule has 8 nitrogen and oxygen atoms in total. The maximum atomic E-state index is 12.4. The van der Waals surface area contributed by atoms with Crippen molar-refractivity contribution in [2.75, 3.05) is 44.9 Å². The van der Waals surface area contributed by atoms with Gasteiger partial charge in [-0.2, -0.15) is 0 Å². The number of carbonyl (C=O) groups is 1. The first kappa shape index (κ1) is 21.1. The zero-order valence-electron chi connectivity index (χ0n) is 18.0. The minimum absolute atomic E-state index is 0.0358. The largest absolute Gasteiger partial charge is 0.494 e. The topological polar surface area (TPSA) is 99.8 Å². The van der Waals surface area contributed by atoms with Gasteiger partial charge in [0.25, 0.3) is 0 Å². The lowest BCUT2D eigenvalue weighted by Crippen LogP contribution is -2.37. The summed E-state index contributed by atoms with van der Waals surface area (Å²) in [6.07, 6.45) is 4.87. The number of aromatic nitrogens is 2. The molecule has 9 heteroatoms. The van der Waals surface area contributed by atoms with Crippen LogP contribution in [0.5, 0.6) is 5.75 Å². The van der Waals surface area contributed by atoms with E-state index in [1.807, 2.05) is 6.07 Å². The van der Waals surface area contributed by atoms with Gasteiger partial charge in [-0.3, -0.25) is 4.79 Å². The fourth-order valence-corrected chi connectivity index (χ4v) is 5.59. The van der Waals surface area contributed by atoms with Crippen LogP contribution in [0.2, 0.25) is 0 Å². The average Bonchev–Trinajstić information content (AvgIpc) is 3.29. The van der Waals surface area contributed by atoms with Crippen molar-refractivity contribution in [1.29, 1.82) is 0 Å². The summed E-state index contributed by atoms with van der Waals surface area (Å²) in [5.41, 5.74) is 8.73. The van der Waals surface area contributed by atoms with Gasteiger partial charge >= 0.3 is 0 Å². The summed E-state index contributed by atoms with van der Waals surface area (Å²) < 4.78 is 18.2. The molecule has 2 saturated heterocycles. The van der Waals surface area contributed by atoms with Gasteiger partial charge in [-0.15, -0.1) is 11.3 Å². The highest BCUT2D eigenvalue weighted by Crippen LogP contribution is 2.44. The summed E-state index contributed by atoms with van der Waals surface area (Å²) in [4.78, 5) is 24.1. The van der Waals surface area contributed by atoms with Crippen LogP contribution in [0.15, 0.2) is 24.4 Å². The number of pyridine rings is 1. The molecule has 0 aliphatic carbocycles. The Labute approximate surface area is 190 Å². The number of benzene rings is 1. The van der Waals surface area contributed by atoms with Crippen molar-refractivity contribution >= 4 is 33.3 Å². The molecule has 32 heavy (non-hydrogen) atoms. The molecular weight excluding hydrogens is 428 g/mol. The Hall–Kier alpha value is -2.75. The van der Waals surface area contributed by atoms with E-state index in [0.29, 0.717) is 54.0 Å². The summed E-state index contributed by atoms with van der Waals surface area (Å²) in [5.74, 6) is 0.900. The second-order valence-corrected chi connectivity index (χ2v) is 8.93. The van der Waals surface area contributed by atoms with E-state index < -0.39 is 5.91 Å². The SMILES string of the molecule is COc1ccc(C2CCCCO2)c2sc(-c3c(C(N)=O)ccnc3N3CCOCC3)nc12. The number of ether oxygens (including phenoxy) is 3. The third-order valence-electron chi connectivity index (χ3n) is 6.00. The van der Waals surface area contributed by atoms with Gasteiger partial charge in [0.2, 0.25) is 5.91 Å². The average molecular weight is 455 g/mol. The number of carbonyl (C=O) groups excluding carboxylic acids is 1. The minimum Gasteiger partial charge on any atom is -0.494 e. The quantitative estimate of drug-likeness (QED) is 0.629. The number of methoxy groups -OCH3 is 1. The van der Waals surface area contributed by atoms with E-state index in [9.17, 15) is 4.79 Å². The predicted octanol–water partition coefficient (Wildman–Crippen LogP) is 3.54. The normalized spacial score (nSPS) is 19.3. The van der Waals surface area contributed by atoms with Crippen LogP contribution in [0.25, 0.3) is 20.8 Å². The third-order valence-corrected chi connectivity index (χ3v) is 7.13. The van der Waals surface area contributed by atoms with Crippen LogP contribution in [0.1, 0.15) is 41.3 Å². The first-order valence-corrected chi connectivity index (χ1v) is 11.7. The highest BCUT2D eigenvalue weighted by Gasteiger charge is 2.27. The Kier molecular flexibility index (Phi) is 5.95. The Bertz CT molecular complexity index is 1140. The number of thiazole rings is 1. The van der Waals surface area contributed by atoms with Crippen molar-refractivity contribution in [3.05, 3.63) is 35.5 Å². The molecule has 0 radical (unpaired) electrons. The number of morpholine rings is 1. The van der Waals surface area contributed by atoms with E-state index in [-0.39, 0.29) is 6.10 Å². The van der Waals surface area contributed by atoms with E-state index in [2.05, 4.69) is 16.0 Å². The van der Waals surface area contributed by atoms with Crippen LogP contribution < -0.4 is 15.4 Å². The number of hydrogen-bond acceptors (Lipinski definition) is 8. The van der Waals surface area contributed by atoms with Crippen LogP contribution >= 0.6 is 11.3 Å². The fourth-order valence-electron chi connectivity index (χ4n) is 4.40. The van der Waals surface area contributed by atoms with Gasteiger partial charge < -0.3 is 24.8 Å². The lowest BCUT2D eigenvalue weighted by Gasteiger charge is -2.29. The number of nitrogens with two attached hydrogens (primary N) is 1. The maximum absolute atomic E-state index is 12.4.